The standard InChI is InChI=1S/C25H22N4O3.CH2O2/c1-16-5-11-20(12-6-16)25(13-15-31-21-4-3-14-26-22(21)25)28-24(30)19-9-7-18(8-10-19)23-27-17(2)32-29-23;2-1-3/h3-12,14H,13,15H2,1-2H3,(H,28,30);1H,(H,2,3)/t25-;/m0./s1. The molecule has 1 aliphatic rings. The van der Waals surface area contributed by atoms with Crippen molar-refractivity contribution in [1.82, 2.24) is 20.4 Å². The van der Waals surface area contributed by atoms with Crippen molar-refractivity contribution in [3.63, 3.8) is 0 Å². The van der Waals surface area contributed by atoms with E-state index in [1.807, 2.05) is 55.5 Å². The lowest BCUT2D eigenvalue weighted by molar-refractivity contribution is -0.122. The molecular weight excluding hydrogens is 448 g/mol. The van der Waals surface area contributed by atoms with Gasteiger partial charge in [-0.2, -0.15) is 4.98 Å². The molecule has 5 rings (SSSR count). The van der Waals surface area contributed by atoms with E-state index in [1.165, 1.54) is 0 Å². The van der Waals surface area contributed by atoms with Crippen LogP contribution < -0.4 is 10.1 Å². The summed E-state index contributed by atoms with van der Waals surface area (Å²) in [4.78, 5) is 30.6. The van der Waals surface area contributed by atoms with E-state index in [0.717, 1.165) is 16.7 Å². The van der Waals surface area contributed by atoms with Gasteiger partial charge < -0.3 is 19.7 Å². The SMILES string of the molecule is Cc1ccc([C@@]2(NC(=O)c3ccc(-c4noc(C)n4)cc3)CCOc3cccnc32)cc1.O=CO. The fourth-order valence-corrected chi connectivity index (χ4v) is 4.03. The van der Waals surface area contributed by atoms with Gasteiger partial charge in [0.15, 0.2) is 0 Å². The Kier molecular flexibility index (Phi) is 6.86. The van der Waals surface area contributed by atoms with Gasteiger partial charge in [0.25, 0.3) is 12.4 Å². The van der Waals surface area contributed by atoms with Crippen molar-refractivity contribution in [2.24, 2.45) is 0 Å². The summed E-state index contributed by atoms with van der Waals surface area (Å²) in [6, 6.07) is 19.0. The van der Waals surface area contributed by atoms with Gasteiger partial charge in [-0.3, -0.25) is 14.6 Å². The lowest BCUT2D eigenvalue weighted by atomic mass is 9.81. The van der Waals surface area contributed by atoms with Crippen LogP contribution in [0.5, 0.6) is 5.75 Å². The lowest BCUT2D eigenvalue weighted by Gasteiger charge is -2.39. The summed E-state index contributed by atoms with van der Waals surface area (Å²) in [6.07, 6.45) is 2.30. The zero-order chi connectivity index (χ0) is 24.8. The summed E-state index contributed by atoms with van der Waals surface area (Å²) < 4.78 is 10.9. The van der Waals surface area contributed by atoms with Crippen LogP contribution in [0.15, 0.2) is 71.4 Å². The van der Waals surface area contributed by atoms with Gasteiger partial charge in [-0.05, 0) is 36.8 Å². The van der Waals surface area contributed by atoms with Crippen molar-refractivity contribution < 1.29 is 24.0 Å². The number of carbonyl (C=O) groups excluding carboxylic acids is 1. The summed E-state index contributed by atoms with van der Waals surface area (Å²) in [5.41, 5.74) is 3.36. The predicted molar refractivity (Wildman–Crippen MR) is 127 cm³/mol. The maximum atomic E-state index is 13.4. The maximum Gasteiger partial charge on any atom is 0.290 e. The Morgan fingerprint density at radius 3 is 2.46 bits per heavy atom. The topological polar surface area (TPSA) is 127 Å². The molecule has 0 saturated carbocycles. The third kappa shape index (κ3) is 4.89. The average Bonchev–Trinajstić information content (AvgIpc) is 3.31. The van der Waals surface area contributed by atoms with Crippen molar-refractivity contribution in [2.45, 2.75) is 25.8 Å². The molecule has 3 heterocycles. The average molecular weight is 473 g/mol. The smallest absolute Gasteiger partial charge is 0.290 e. The highest BCUT2D eigenvalue weighted by Gasteiger charge is 2.42. The lowest BCUT2D eigenvalue weighted by Crippen LogP contribution is -2.50. The first-order valence-electron chi connectivity index (χ1n) is 10.9. The number of fused-ring (bicyclic) bond motifs is 1. The predicted octanol–water partition coefficient (Wildman–Crippen LogP) is 3.91. The molecule has 1 aliphatic heterocycles. The molecular formula is C26H24N4O5. The van der Waals surface area contributed by atoms with Crippen molar-refractivity contribution in [3.8, 4) is 17.1 Å². The highest BCUT2D eigenvalue weighted by Crippen LogP contribution is 2.40. The van der Waals surface area contributed by atoms with Crippen molar-refractivity contribution in [1.29, 1.82) is 0 Å². The van der Waals surface area contributed by atoms with Gasteiger partial charge in [-0.25, -0.2) is 0 Å². The second-order valence-electron chi connectivity index (χ2n) is 7.99. The van der Waals surface area contributed by atoms with Crippen molar-refractivity contribution >= 4 is 12.4 Å². The zero-order valence-corrected chi connectivity index (χ0v) is 19.3. The highest BCUT2D eigenvalue weighted by molar-refractivity contribution is 5.95. The van der Waals surface area contributed by atoms with E-state index in [0.29, 0.717) is 41.7 Å². The number of pyridine rings is 1. The van der Waals surface area contributed by atoms with Crippen LogP contribution in [0.2, 0.25) is 0 Å². The number of carbonyl (C=O) groups is 2. The van der Waals surface area contributed by atoms with Crippen molar-refractivity contribution in [2.75, 3.05) is 6.61 Å². The largest absolute Gasteiger partial charge is 0.491 e. The minimum atomic E-state index is -0.789. The minimum absolute atomic E-state index is 0.195. The molecule has 9 heteroatoms. The number of rotatable bonds is 4. The second kappa shape index (κ2) is 10.2. The molecule has 2 N–H and O–H groups in total. The van der Waals surface area contributed by atoms with E-state index in [9.17, 15) is 4.79 Å². The van der Waals surface area contributed by atoms with E-state index in [-0.39, 0.29) is 12.4 Å². The first kappa shape index (κ1) is 23.6. The fourth-order valence-electron chi connectivity index (χ4n) is 4.03. The van der Waals surface area contributed by atoms with Crippen LogP contribution in [0.3, 0.4) is 0 Å². The van der Waals surface area contributed by atoms with E-state index in [2.05, 4.69) is 20.4 Å². The Hall–Kier alpha value is -4.53. The van der Waals surface area contributed by atoms with Crippen LogP contribution in [0, 0.1) is 13.8 Å². The first-order chi connectivity index (χ1) is 17.0. The molecule has 0 radical (unpaired) electrons. The molecule has 4 aromatic rings. The molecule has 35 heavy (non-hydrogen) atoms. The highest BCUT2D eigenvalue weighted by atomic mass is 16.5. The van der Waals surface area contributed by atoms with Gasteiger partial charge >= 0.3 is 0 Å². The number of hydrogen-bond donors (Lipinski definition) is 2. The fraction of sp³-hybridized carbons (Fsp3) is 0.192. The molecule has 0 fully saturated rings. The van der Waals surface area contributed by atoms with Gasteiger partial charge in [-0.15, -0.1) is 0 Å². The van der Waals surface area contributed by atoms with E-state index in [4.69, 9.17) is 19.2 Å². The first-order valence-corrected chi connectivity index (χ1v) is 10.9. The molecule has 1 amide bonds. The number of amides is 1. The number of nitrogens with zero attached hydrogens (tertiary/aromatic N) is 3. The van der Waals surface area contributed by atoms with Crippen LogP contribution in [0.1, 0.15) is 39.5 Å². The van der Waals surface area contributed by atoms with Gasteiger partial charge in [-0.1, -0.05) is 47.1 Å². The Morgan fingerprint density at radius 2 is 1.80 bits per heavy atom. The second-order valence-corrected chi connectivity index (χ2v) is 7.99. The number of hydrogen-bond acceptors (Lipinski definition) is 7. The van der Waals surface area contributed by atoms with Crippen molar-refractivity contribution in [3.05, 3.63) is 95.1 Å². The molecule has 2 aromatic carbocycles. The van der Waals surface area contributed by atoms with Gasteiger partial charge in [0.2, 0.25) is 11.7 Å². The summed E-state index contributed by atoms with van der Waals surface area (Å²) in [7, 11) is 0. The summed E-state index contributed by atoms with van der Waals surface area (Å²) >= 11 is 0. The van der Waals surface area contributed by atoms with Crippen LogP contribution in [-0.2, 0) is 10.3 Å². The third-order valence-corrected chi connectivity index (χ3v) is 5.71. The Morgan fingerprint density at radius 1 is 1.09 bits per heavy atom. The van der Waals surface area contributed by atoms with E-state index in [1.54, 1.807) is 25.3 Å². The monoisotopic (exact) mass is 472 g/mol. The normalized spacial score (nSPS) is 16.2. The summed E-state index contributed by atoms with van der Waals surface area (Å²) in [5, 5.41) is 14.1. The molecule has 0 aliphatic carbocycles. The van der Waals surface area contributed by atoms with Crippen LogP contribution >= 0.6 is 0 Å². The van der Waals surface area contributed by atoms with Crippen LogP contribution in [0.25, 0.3) is 11.4 Å². The number of carboxylic acid groups (broad SMARTS) is 1. The number of benzene rings is 2. The van der Waals surface area contributed by atoms with Gasteiger partial charge in [0, 0.05) is 30.7 Å². The number of ether oxygens (including phenoxy) is 1. The number of nitrogens with one attached hydrogen (secondary N) is 1. The Bertz CT molecular complexity index is 1320. The molecule has 2 aromatic heterocycles. The van der Waals surface area contributed by atoms with E-state index < -0.39 is 5.54 Å². The third-order valence-electron chi connectivity index (χ3n) is 5.71. The molecule has 178 valence electrons. The number of aryl methyl sites for hydroxylation is 2. The minimum Gasteiger partial charge on any atom is -0.491 e. The Balaban J connectivity index is 0.000000917. The summed E-state index contributed by atoms with van der Waals surface area (Å²) in [6.45, 7) is 4.00. The maximum absolute atomic E-state index is 13.4. The van der Waals surface area contributed by atoms with Gasteiger partial charge in [0.05, 0.1) is 6.61 Å². The summed E-state index contributed by atoms with van der Waals surface area (Å²) in [5.74, 6) is 1.48. The molecule has 0 spiro atoms. The molecule has 0 bridgehead atoms. The molecule has 0 saturated heterocycles. The van der Waals surface area contributed by atoms with E-state index >= 15 is 0 Å². The van der Waals surface area contributed by atoms with Gasteiger partial charge in [0.1, 0.15) is 17.0 Å². The number of aromatic nitrogens is 3. The zero-order valence-electron chi connectivity index (χ0n) is 19.3. The quantitative estimate of drug-likeness (QED) is 0.428. The van der Waals surface area contributed by atoms with Crippen LogP contribution in [-0.4, -0.2) is 39.2 Å². The van der Waals surface area contributed by atoms with Crippen LogP contribution in [0.4, 0.5) is 0 Å². The molecule has 1 atom stereocenters. The molecule has 0 unspecified atom stereocenters. The Labute approximate surface area is 201 Å². The molecule has 9 nitrogen and oxygen atoms in total.